The van der Waals surface area contributed by atoms with Crippen molar-refractivity contribution < 1.29 is 8.42 Å². The molecule has 14 aromatic rings. The Labute approximate surface area is 389 Å². The standard InChI is InChI=1S/C61H36N4O2S/c62-37-38-23-27-48(28-24-38)68(66,67)49-29-25-47(26-30-49)65-55-36-44-18-12-9-15-41(44)33-52(55)58-60-56(50-31-39-13-7-10-16-42(39)34-53(50)63(60)45-19-3-1-4-20-45)59-57(61(58)65)51-32-40-14-8-11-17-43(40)35-54(51)64(59)46-21-5-2-6-22-46/h1-36H. The van der Waals surface area contributed by atoms with E-state index >= 15 is 0 Å². The zero-order valence-electron chi connectivity index (χ0n) is 36.3. The molecule has 6 nitrogen and oxygen atoms in total. The molecule has 0 bridgehead atoms. The summed E-state index contributed by atoms with van der Waals surface area (Å²) in [5.41, 5.74) is 9.74. The van der Waals surface area contributed by atoms with Gasteiger partial charge in [0.25, 0.3) is 0 Å². The second-order valence-corrected chi connectivity index (χ2v) is 19.6. The number of hydrogen-bond donors (Lipinski definition) is 0. The van der Waals surface area contributed by atoms with Crippen LogP contribution in [0.2, 0.25) is 0 Å². The van der Waals surface area contributed by atoms with Crippen LogP contribution in [0.5, 0.6) is 0 Å². The molecular weight excluding hydrogens is 853 g/mol. The zero-order chi connectivity index (χ0) is 45.3. The molecule has 3 heterocycles. The van der Waals surface area contributed by atoms with Crippen LogP contribution in [0.1, 0.15) is 5.56 Å². The van der Waals surface area contributed by atoms with Crippen LogP contribution in [0.15, 0.2) is 228 Å². The van der Waals surface area contributed by atoms with E-state index in [2.05, 4.69) is 190 Å². The van der Waals surface area contributed by atoms with Crippen molar-refractivity contribution in [2.75, 3.05) is 0 Å². The first kappa shape index (κ1) is 38.3. The second kappa shape index (κ2) is 14.3. The maximum atomic E-state index is 14.2. The van der Waals surface area contributed by atoms with Crippen molar-refractivity contribution in [3.63, 3.8) is 0 Å². The summed E-state index contributed by atoms with van der Waals surface area (Å²) in [5.74, 6) is 0. The van der Waals surface area contributed by atoms with Crippen molar-refractivity contribution in [3.8, 4) is 23.1 Å². The van der Waals surface area contributed by atoms with Crippen molar-refractivity contribution in [2.24, 2.45) is 0 Å². The Morgan fingerprint density at radius 2 is 0.632 bits per heavy atom. The van der Waals surface area contributed by atoms with Gasteiger partial charge in [-0.25, -0.2) is 8.42 Å². The number of hydrogen-bond acceptors (Lipinski definition) is 3. The van der Waals surface area contributed by atoms with Gasteiger partial charge in [-0.2, -0.15) is 5.26 Å². The molecule has 0 atom stereocenters. The molecule has 0 aliphatic rings. The van der Waals surface area contributed by atoms with Crippen LogP contribution in [-0.2, 0) is 9.84 Å². The summed E-state index contributed by atoms with van der Waals surface area (Å²) in [7, 11) is -3.90. The Morgan fingerprint density at radius 3 is 0.971 bits per heavy atom. The van der Waals surface area contributed by atoms with Gasteiger partial charge >= 0.3 is 0 Å². The Bertz CT molecular complexity index is 4530. The van der Waals surface area contributed by atoms with Crippen molar-refractivity contribution >= 4 is 108 Å². The number of sulfone groups is 1. The van der Waals surface area contributed by atoms with Gasteiger partial charge in [0.2, 0.25) is 9.84 Å². The molecule has 68 heavy (non-hydrogen) atoms. The van der Waals surface area contributed by atoms with Gasteiger partial charge in [-0.05, 0) is 142 Å². The number of para-hydroxylation sites is 2. The van der Waals surface area contributed by atoms with Crippen LogP contribution in [-0.4, -0.2) is 22.1 Å². The molecule has 0 fully saturated rings. The molecule has 14 rings (SSSR count). The van der Waals surface area contributed by atoms with Crippen LogP contribution in [0.25, 0.3) is 115 Å². The van der Waals surface area contributed by atoms with E-state index in [1.165, 1.54) is 12.1 Å². The molecule has 0 unspecified atom stereocenters. The normalized spacial score (nSPS) is 12.2. The highest BCUT2D eigenvalue weighted by Gasteiger charge is 2.30. The van der Waals surface area contributed by atoms with Crippen molar-refractivity contribution in [1.29, 1.82) is 5.26 Å². The fraction of sp³-hybridized carbons (Fsp3) is 0. The lowest BCUT2D eigenvalue weighted by Crippen LogP contribution is -2.03. The van der Waals surface area contributed by atoms with E-state index in [0.29, 0.717) is 5.56 Å². The Morgan fingerprint density at radius 1 is 0.338 bits per heavy atom. The number of benzene rings is 11. The molecule has 0 radical (unpaired) electrons. The van der Waals surface area contributed by atoms with Gasteiger partial charge < -0.3 is 13.7 Å². The van der Waals surface area contributed by atoms with Crippen molar-refractivity contribution in [1.82, 2.24) is 13.7 Å². The third-order valence-corrected chi connectivity index (χ3v) is 15.7. The van der Waals surface area contributed by atoms with E-state index in [1.807, 2.05) is 12.1 Å². The van der Waals surface area contributed by atoms with Gasteiger partial charge in [0, 0.05) is 49.4 Å². The van der Waals surface area contributed by atoms with Gasteiger partial charge in [0.15, 0.2) is 0 Å². The smallest absolute Gasteiger partial charge is 0.206 e. The van der Waals surface area contributed by atoms with Gasteiger partial charge in [-0.3, -0.25) is 0 Å². The monoisotopic (exact) mass is 888 g/mol. The van der Waals surface area contributed by atoms with Gasteiger partial charge in [0.05, 0.1) is 54.5 Å². The van der Waals surface area contributed by atoms with E-state index in [0.717, 1.165) is 115 Å². The summed E-state index contributed by atoms with van der Waals surface area (Å²) in [6.07, 6.45) is 0. The van der Waals surface area contributed by atoms with Crippen molar-refractivity contribution in [2.45, 2.75) is 9.79 Å². The largest absolute Gasteiger partial charge is 0.308 e. The van der Waals surface area contributed by atoms with Crippen LogP contribution < -0.4 is 0 Å². The average Bonchev–Trinajstić information content (AvgIpc) is 4.01. The lowest BCUT2D eigenvalue weighted by Gasteiger charge is -2.14. The predicted molar refractivity (Wildman–Crippen MR) is 279 cm³/mol. The molecule has 318 valence electrons. The minimum Gasteiger partial charge on any atom is -0.308 e. The van der Waals surface area contributed by atoms with E-state index in [-0.39, 0.29) is 9.79 Å². The van der Waals surface area contributed by atoms with Gasteiger partial charge in [-0.15, -0.1) is 0 Å². The van der Waals surface area contributed by atoms with Crippen molar-refractivity contribution in [3.05, 3.63) is 224 Å². The first-order valence-corrected chi connectivity index (χ1v) is 24.1. The summed E-state index contributed by atoms with van der Waals surface area (Å²) in [6, 6.07) is 76.7. The SMILES string of the molecule is N#Cc1ccc(S(=O)(=O)c2ccc(-n3c4cc5ccccc5cc4c4c5c(c6cc7ccccc7cc6n5-c5ccccc5)c5c(c6cc7ccccc7cc6n5-c5ccccc5)c43)cc2)cc1. The van der Waals surface area contributed by atoms with E-state index in [4.69, 9.17) is 0 Å². The highest BCUT2D eigenvalue weighted by Crippen LogP contribution is 2.51. The molecule has 7 heteroatoms. The molecule has 0 saturated carbocycles. The quantitative estimate of drug-likeness (QED) is 0.173. The number of aromatic nitrogens is 3. The Kier molecular flexibility index (Phi) is 8.04. The fourth-order valence-corrected chi connectivity index (χ4v) is 12.2. The van der Waals surface area contributed by atoms with Gasteiger partial charge in [0.1, 0.15) is 0 Å². The summed E-state index contributed by atoms with van der Waals surface area (Å²) in [6.45, 7) is 0. The highest BCUT2D eigenvalue weighted by atomic mass is 32.2. The Hall–Kier alpha value is -8.96. The average molecular weight is 889 g/mol. The summed E-state index contributed by atoms with van der Waals surface area (Å²) < 4.78 is 35.6. The molecule has 11 aromatic carbocycles. The molecule has 0 aliphatic heterocycles. The van der Waals surface area contributed by atoms with Crippen LogP contribution in [0.3, 0.4) is 0 Å². The number of nitriles is 1. The summed E-state index contributed by atoms with van der Waals surface area (Å²) >= 11 is 0. The fourth-order valence-electron chi connectivity index (χ4n) is 10.9. The minimum absolute atomic E-state index is 0.138. The van der Waals surface area contributed by atoms with E-state index in [1.54, 1.807) is 24.3 Å². The second-order valence-electron chi connectivity index (χ2n) is 17.6. The van der Waals surface area contributed by atoms with E-state index < -0.39 is 9.84 Å². The first-order valence-electron chi connectivity index (χ1n) is 22.6. The molecular formula is C61H36N4O2S. The number of fused-ring (bicyclic) bond motifs is 15. The molecule has 0 saturated heterocycles. The van der Waals surface area contributed by atoms with Crippen LogP contribution in [0.4, 0.5) is 0 Å². The first-order chi connectivity index (χ1) is 33.4. The number of nitrogens with zero attached hydrogens (tertiary/aromatic N) is 4. The molecule has 0 N–H and O–H groups in total. The summed E-state index contributed by atoms with van der Waals surface area (Å²) in [5, 5.41) is 23.0. The summed E-state index contributed by atoms with van der Waals surface area (Å²) in [4.78, 5) is 0.312. The maximum absolute atomic E-state index is 14.2. The predicted octanol–water partition coefficient (Wildman–Crippen LogP) is 15.1. The zero-order valence-corrected chi connectivity index (χ0v) is 37.1. The molecule has 0 amide bonds. The Balaban J connectivity index is 1.25. The third-order valence-electron chi connectivity index (χ3n) is 13.9. The van der Waals surface area contributed by atoms with E-state index in [9.17, 15) is 13.7 Å². The number of rotatable bonds is 5. The van der Waals surface area contributed by atoms with Gasteiger partial charge in [-0.1, -0.05) is 109 Å². The maximum Gasteiger partial charge on any atom is 0.206 e. The third kappa shape index (κ3) is 5.41. The molecule has 3 aromatic heterocycles. The highest BCUT2D eigenvalue weighted by molar-refractivity contribution is 7.91. The lowest BCUT2D eigenvalue weighted by atomic mass is 9.99. The lowest BCUT2D eigenvalue weighted by molar-refractivity contribution is 0.596. The minimum atomic E-state index is -3.90. The topological polar surface area (TPSA) is 72.7 Å². The molecule has 0 spiro atoms. The van der Waals surface area contributed by atoms with Crippen LogP contribution in [0, 0.1) is 11.3 Å². The molecule has 0 aliphatic carbocycles. The van der Waals surface area contributed by atoms with Crippen LogP contribution >= 0.6 is 0 Å².